The fourth-order valence-corrected chi connectivity index (χ4v) is 0.433. The van der Waals surface area contributed by atoms with Crippen LogP contribution in [0.5, 0.6) is 0 Å². The molecule has 9 heteroatoms. The average molecular weight is 256 g/mol. The van der Waals surface area contributed by atoms with E-state index in [1.54, 1.807) is 0 Å². The number of phosphoric acid groups is 1. The number of carbonyl (C=O) groups excluding carboxylic acids is 1. The van der Waals surface area contributed by atoms with Gasteiger partial charge in [0.25, 0.3) is 0 Å². The number of carboxylic acid groups (broad SMARTS) is 1. The molecule has 0 heterocycles. The number of esters is 1. The van der Waals surface area contributed by atoms with Gasteiger partial charge >= 0.3 is 19.8 Å². The van der Waals surface area contributed by atoms with Gasteiger partial charge in [0, 0.05) is 0 Å². The normalized spacial score (nSPS) is 9.69. The standard InChI is InChI=1S/C7H10O4.H3O4P/c1-2-5-11-7(10)4-3-6(8)9;1-5(2,3)4/h2H,1,3-5H2,(H,8,9);(H3,1,2,3,4). The van der Waals surface area contributed by atoms with Gasteiger partial charge in [-0.3, -0.25) is 9.59 Å². The number of carbonyl (C=O) groups is 2. The first-order valence-corrected chi connectivity index (χ1v) is 5.50. The number of aliphatic carboxylic acids is 1. The summed E-state index contributed by atoms with van der Waals surface area (Å²) in [5.41, 5.74) is 0. The molecular weight excluding hydrogens is 243 g/mol. The summed E-state index contributed by atoms with van der Waals surface area (Å²) < 4.78 is 13.4. The van der Waals surface area contributed by atoms with Crippen molar-refractivity contribution in [3.05, 3.63) is 12.7 Å². The quantitative estimate of drug-likeness (QED) is 0.297. The summed E-state index contributed by atoms with van der Waals surface area (Å²) in [7, 11) is -4.64. The van der Waals surface area contributed by atoms with Crippen LogP contribution in [-0.2, 0) is 18.9 Å². The minimum Gasteiger partial charge on any atom is -0.481 e. The highest BCUT2D eigenvalue weighted by Crippen LogP contribution is 2.25. The molecule has 0 aliphatic rings. The Morgan fingerprint density at radius 3 is 2.00 bits per heavy atom. The molecule has 0 aliphatic heterocycles. The Morgan fingerprint density at radius 2 is 1.69 bits per heavy atom. The molecule has 0 aromatic rings. The number of carboxylic acids is 1. The second-order valence-corrected chi connectivity index (χ2v) is 3.41. The summed E-state index contributed by atoms with van der Waals surface area (Å²) in [4.78, 5) is 42.1. The fourth-order valence-electron chi connectivity index (χ4n) is 0.433. The van der Waals surface area contributed by atoms with Crippen LogP contribution in [-0.4, -0.2) is 38.3 Å². The monoisotopic (exact) mass is 256 g/mol. The van der Waals surface area contributed by atoms with E-state index in [-0.39, 0.29) is 19.4 Å². The van der Waals surface area contributed by atoms with Crippen LogP contribution < -0.4 is 0 Å². The van der Waals surface area contributed by atoms with Crippen molar-refractivity contribution in [3.63, 3.8) is 0 Å². The van der Waals surface area contributed by atoms with Crippen molar-refractivity contribution in [1.29, 1.82) is 0 Å². The van der Waals surface area contributed by atoms with E-state index in [0.717, 1.165) is 0 Å². The molecule has 4 N–H and O–H groups in total. The molecule has 0 fully saturated rings. The fraction of sp³-hybridized carbons (Fsp3) is 0.429. The van der Waals surface area contributed by atoms with Crippen molar-refractivity contribution in [2.75, 3.05) is 6.61 Å². The predicted octanol–water partition coefficient (Wildman–Crippen LogP) is -0.348. The number of rotatable bonds is 5. The summed E-state index contributed by atoms with van der Waals surface area (Å²) in [6.45, 7) is 3.47. The lowest BCUT2D eigenvalue weighted by atomic mass is 10.3. The van der Waals surface area contributed by atoms with Crippen LogP contribution in [0.25, 0.3) is 0 Å². The zero-order chi connectivity index (χ0) is 13.2. The van der Waals surface area contributed by atoms with Gasteiger partial charge in [0.1, 0.15) is 6.61 Å². The van der Waals surface area contributed by atoms with Crippen LogP contribution in [0.3, 0.4) is 0 Å². The van der Waals surface area contributed by atoms with E-state index in [0.29, 0.717) is 0 Å². The molecule has 0 saturated heterocycles. The zero-order valence-corrected chi connectivity index (χ0v) is 9.17. The second-order valence-electron chi connectivity index (χ2n) is 2.38. The maximum atomic E-state index is 10.6. The van der Waals surface area contributed by atoms with E-state index in [4.69, 9.17) is 24.4 Å². The Hall–Kier alpha value is -1.21. The molecule has 0 rings (SSSR count). The van der Waals surface area contributed by atoms with Crippen LogP contribution in [0.1, 0.15) is 12.8 Å². The maximum Gasteiger partial charge on any atom is 0.466 e. The lowest BCUT2D eigenvalue weighted by Crippen LogP contribution is -2.07. The van der Waals surface area contributed by atoms with Gasteiger partial charge in [0.2, 0.25) is 0 Å². The molecule has 0 aliphatic carbocycles. The summed E-state index contributed by atoms with van der Waals surface area (Å²) >= 11 is 0. The van der Waals surface area contributed by atoms with Crippen LogP contribution in [0, 0.1) is 0 Å². The molecule has 0 aromatic carbocycles. The predicted molar refractivity (Wildman–Crippen MR) is 52.3 cm³/mol. The van der Waals surface area contributed by atoms with Crippen LogP contribution in [0.15, 0.2) is 12.7 Å². The minimum absolute atomic E-state index is 0.0802. The van der Waals surface area contributed by atoms with Gasteiger partial charge in [0.15, 0.2) is 0 Å². The van der Waals surface area contributed by atoms with Gasteiger partial charge in [-0.25, -0.2) is 4.57 Å². The van der Waals surface area contributed by atoms with Gasteiger partial charge in [-0.2, -0.15) is 0 Å². The summed E-state index contributed by atoms with van der Waals surface area (Å²) in [6, 6.07) is 0. The third kappa shape index (κ3) is 29.3. The number of hydrogen-bond acceptors (Lipinski definition) is 4. The Balaban J connectivity index is 0. The van der Waals surface area contributed by atoms with Crippen molar-refractivity contribution >= 4 is 19.8 Å². The number of hydrogen-bond donors (Lipinski definition) is 4. The van der Waals surface area contributed by atoms with E-state index >= 15 is 0 Å². The average Bonchev–Trinajstić information content (AvgIpc) is 2.08. The van der Waals surface area contributed by atoms with Gasteiger partial charge in [-0.05, 0) is 0 Å². The molecule has 0 bridgehead atoms. The van der Waals surface area contributed by atoms with E-state index < -0.39 is 19.8 Å². The molecule has 8 nitrogen and oxygen atoms in total. The van der Waals surface area contributed by atoms with Crippen LogP contribution in [0.4, 0.5) is 0 Å². The third-order valence-electron chi connectivity index (χ3n) is 0.905. The molecule has 0 unspecified atom stereocenters. The van der Waals surface area contributed by atoms with Gasteiger partial charge in [-0.15, -0.1) is 0 Å². The van der Waals surface area contributed by atoms with E-state index in [1.807, 2.05) is 0 Å². The Bertz CT molecular complexity index is 272. The third-order valence-corrected chi connectivity index (χ3v) is 0.905. The van der Waals surface area contributed by atoms with Gasteiger partial charge in [0.05, 0.1) is 12.8 Å². The van der Waals surface area contributed by atoms with Crippen LogP contribution >= 0.6 is 7.82 Å². The molecule has 0 aromatic heterocycles. The molecule has 16 heavy (non-hydrogen) atoms. The van der Waals surface area contributed by atoms with Crippen molar-refractivity contribution < 1.29 is 38.7 Å². The molecule has 0 spiro atoms. The number of ether oxygens (including phenoxy) is 1. The smallest absolute Gasteiger partial charge is 0.466 e. The highest BCUT2D eigenvalue weighted by molar-refractivity contribution is 7.45. The Labute approximate surface area is 91.4 Å². The summed E-state index contributed by atoms with van der Waals surface area (Å²) in [5.74, 6) is -1.51. The molecule has 0 radical (unpaired) electrons. The lowest BCUT2D eigenvalue weighted by Gasteiger charge is -1.98. The van der Waals surface area contributed by atoms with Gasteiger partial charge in [-0.1, -0.05) is 12.7 Å². The molecule has 0 atom stereocenters. The first-order chi connectivity index (χ1) is 7.16. The van der Waals surface area contributed by atoms with E-state index in [9.17, 15) is 9.59 Å². The van der Waals surface area contributed by atoms with Crippen molar-refractivity contribution in [2.24, 2.45) is 0 Å². The molecular formula is C7H13O8P. The molecule has 94 valence electrons. The zero-order valence-electron chi connectivity index (χ0n) is 8.27. The Morgan fingerprint density at radius 1 is 1.25 bits per heavy atom. The second kappa shape index (κ2) is 9.05. The van der Waals surface area contributed by atoms with Gasteiger partial charge < -0.3 is 24.5 Å². The van der Waals surface area contributed by atoms with E-state index in [2.05, 4.69) is 11.3 Å². The Kier molecular flexibility index (Phi) is 9.72. The minimum atomic E-state index is -4.64. The first-order valence-electron chi connectivity index (χ1n) is 3.93. The maximum absolute atomic E-state index is 10.6. The van der Waals surface area contributed by atoms with Crippen molar-refractivity contribution in [1.82, 2.24) is 0 Å². The van der Waals surface area contributed by atoms with Crippen LogP contribution in [0.2, 0.25) is 0 Å². The highest BCUT2D eigenvalue weighted by atomic mass is 31.2. The SMILES string of the molecule is C=CCOC(=O)CCC(=O)O.O=P(O)(O)O. The molecule has 0 amide bonds. The highest BCUT2D eigenvalue weighted by Gasteiger charge is 2.04. The topological polar surface area (TPSA) is 141 Å². The van der Waals surface area contributed by atoms with Crippen molar-refractivity contribution in [3.8, 4) is 0 Å². The summed E-state index contributed by atoms with van der Waals surface area (Å²) in [5, 5.41) is 8.16. The largest absolute Gasteiger partial charge is 0.481 e. The summed E-state index contributed by atoms with van der Waals surface area (Å²) in [6.07, 6.45) is 1.16. The van der Waals surface area contributed by atoms with Crippen molar-refractivity contribution in [2.45, 2.75) is 12.8 Å². The molecule has 0 saturated carbocycles. The van der Waals surface area contributed by atoms with E-state index in [1.165, 1.54) is 6.08 Å². The lowest BCUT2D eigenvalue weighted by molar-refractivity contribution is -0.146. The first kappa shape index (κ1) is 17.2.